The van der Waals surface area contributed by atoms with E-state index in [2.05, 4.69) is 15.3 Å². The highest BCUT2D eigenvalue weighted by molar-refractivity contribution is 5.52. The quantitative estimate of drug-likeness (QED) is 0.499. The molecule has 86 valence electrons. The molecule has 2 heterocycles. The van der Waals surface area contributed by atoms with Crippen molar-refractivity contribution in [2.75, 3.05) is 11.1 Å². The number of hydrogen-bond acceptors (Lipinski definition) is 5. The molecule has 0 aromatic carbocycles. The molecule has 5 N–H and O–H groups in total. The van der Waals surface area contributed by atoms with E-state index in [4.69, 9.17) is 5.73 Å². The van der Waals surface area contributed by atoms with Crippen molar-refractivity contribution in [3.05, 3.63) is 15.9 Å². The Morgan fingerprint density at radius 3 is 3.19 bits per heavy atom. The Morgan fingerprint density at radius 2 is 2.38 bits per heavy atom. The number of aromatic amines is 1. The Hall–Kier alpha value is -1.56. The Bertz CT molecular complexity index is 498. The van der Waals surface area contributed by atoms with Crippen LogP contribution < -0.4 is 16.6 Å². The summed E-state index contributed by atoms with van der Waals surface area (Å²) in [6.45, 7) is 0. The van der Waals surface area contributed by atoms with Gasteiger partial charge in [0.2, 0.25) is 5.95 Å². The van der Waals surface area contributed by atoms with Gasteiger partial charge in [0.25, 0.3) is 5.56 Å². The largest absolute Gasteiger partial charge is 0.371 e. The second-order valence-corrected chi connectivity index (χ2v) is 4.66. The van der Waals surface area contributed by atoms with Crippen LogP contribution >= 0.6 is 0 Å². The van der Waals surface area contributed by atoms with Crippen LogP contribution in [0.25, 0.3) is 0 Å². The van der Waals surface area contributed by atoms with Crippen LogP contribution in [0.15, 0.2) is 4.79 Å². The highest BCUT2D eigenvalue weighted by Gasteiger charge is 2.42. The summed E-state index contributed by atoms with van der Waals surface area (Å²) in [4.78, 5) is 18.3. The molecule has 1 aromatic heterocycles. The van der Waals surface area contributed by atoms with E-state index in [0.29, 0.717) is 24.2 Å². The molecule has 2 aliphatic rings. The summed E-state index contributed by atoms with van der Waals surface area (Å²) < 4.78 is 0. The maximum absolute atomic E-state index is 11.8. The summed E-state index contributed by atoms with van der Waals surface area (Å²) in [7, 11) is 0. The van der Waals surface area contributed by atoms with Gasteiger partial charge in [0.15, 0.2) is 0 Å². The summed E-state index contributed by atoms with van der Waals surface area (Å²) in [6.07, 6.45) is 3.11. The molecule has 1 aromatic rings. The van der Waals surface area contributed by atoms with Crippen LogP contribution in [-0.2, 0) is 0 Å². The monoisotopic (exact) mass is 222 g/mol. The van der Waals surface area contributed by atoms with Gasteiger partial charge < -0.3 is 16.2 Å². The average molecular weight is 222 g/mol. The zero-order valence-corrected chi connectivity index (χ0v) is 8.79. The zero-order chi connectivity index (χ0) is 11.3. The van der Waals surface area contributed by atoms with Gasteiger partial charge in [0.05, 0.1) is 5.56 Å². The van der Waals surface area contributed by atoms with Crippen molar-refractivity contribution >= 4 is 11.8 Å². The summed E-state index contributed by atoms with van der Waals surface area (Å²) in [6, 6.07) is 0. The van der Waals surface area contributed by atoms with Gasteiger partial charge >= 0.3 is 0 Å². The number of anilines is 2. The molecule has 1 saturated carbocycles. The van der Waals surface area contributed by atoms with Crippen molar-refractivity contribution in [1.82, 2.24) is 9.97 Å². The molecule has 0 spiro atoms. The second kappa shape index (κ2) is 2.98. The van der Waals surface area contributed by atoms with Crippen LogP contribution in [0, 0.1) is 0 Å². The van der Waals surface area contributed by atoms with Crippen molar-refractivity contribution in [2.45, 2.75) is 37.3 Å². The normalized spacial score (nSPS) is 31.7. The van der Waals surface area contributed by atoms with Crippen molar-refractivity contribution < 1.29 is 5.11 Å². The van der Waals surface area contributed by atoms with Crippen LogP contribution in [0.4, 0.5) is 11.8 Å². The van der Waals surface area contributed by atoms with E-state index >= 15 is 0 Å². The molecule has 16 heavy (non-hydrogen) atoms. The minimum Gasteiger partial charge on any atom is -0.371 e. The van der Waals surface area contributed by atoms with E-state index in [1.54, 1.807) is 0 Å². The van der Waals surface area contributed by atoms with Crippen molar-refractivity contribution in [1.29, 1.82) is 0 Å². The summed E-state index contributed by atoms with van der Waals surface area (Å²) >= 11 is 0. The highest BCUT2D eigenvalue weighted by atomic mass is 16.3. The molecule has 3 rings (SSSR count). The van der Waals surface area contributed by atoms with Crippen LogP contribution in [0.3, 0.4) is 0 Å². The van der Waals surface area contributed by atoms with Gasteiger partial charge in [-0.2, -0.15) is 4.98 Å². The number of nitrogen functional groups attached to an aromatic ring is 1. The van der Waals surface area contributed by atoms with E-state index in [9.17, 15) is 9.90 Å². The first-order chi connectivity index (χ1) is 7.57. The summed E-state index contributed by atoms with van der Waals surface area (Å²) in [5, 5.41) is 13.2. The molecular weight excluding hydrogens is 208 g/mol. The van der Waals surface area contributed by atoms with Crippen LogP contribution in [0.2, 0.25) is 0 Å². The minimum absolute atomic E-state index is 0.0832. The lowest BCUT2D eigenvalue weighted by Gasteiger charge is -2.42. The molecule has 2 atom stereocenters. The third-order valence-corrected chi connectivity index (χ3v) is 3.46. The number of H-pyrrole nitrogens is 1. The smallest absolute Gasteiger partial charge is 0.257 e. The lowest BCUT2D eigenvalue weighted by atomic mass is 9.77. The van der Waals surface area contributed by atoms with E-state index in [1.165, 1.54) is 0 Å². The SMILES string of the molecule is Nc1nc2c(c(=O)[nH]1)C1CCCC(O)(C1)N2. The predicted molar refractivity (Wildman–Crippen MR) is 59.1 cm³/mol. The van der Waals surface area contributed by atoms with Gasteiger partial charge in [0.1, 0.15) is 11.5 Å². The van der Waals surface area contributed by atoms with Gasteiger partial charge in [-0.15, -0.1) is 0 Å². The Labute approximate surface area is 91.9 Å². The molecule has 0 saturated heterocycles. The number of rotatable bonds is 0. The third-order valence-electron chi connectivity index (χ3n) is 3.46. The van der Waals surface area contributed by atoms with Gasteiger partial charge in [-0.25, -0.2) is 0 Å². The highest BCUT2D eigenvalue weighted by Crippen LogP contribution is 2.43. The van der Waals surface area contributed by atoms with Crippen molar-refractivity contribution in [2.24, 2.45) is 0 Å². The number of nitrogens with zero attached hydrogens (tertiary/aromatic N) is 1. The molecule has 1 fully saturated rings. The molecule has 1 aliphatic carbocycles. The number of aromatic nitrogens is 2. The Morgan fingerprint density at radius 1 is 1.56 bits per heavy atom. The van der Waals surface area contributed by atoms with Crippen LogP contribution in [0.5, 0.6) is 0 Å². The number of nitrogens with two attached hydrogens (primary N) is 1. The number of fused-ring (bicyclic) bond motifs is 4. The molecule has 2 unspecified atom stereocenters. The first-order valence-electron chi connectivity index (χ1n) is 5.48. The minimum atomic E-state index is -0.914. The number of aliphatic hydroxyl groups is 1. The van der Waals surface area contributed by atoms with Crippen molar-refractivity contribution in [3.63, 3.8) is 0 Å². The first-order valence-corrected chi connectivity index (χ1v) is 5.48. The van der Waals surface area contributed by atoms with Gasteiger partial charge in [0, 0.05) is 6.42 Å². The number of hydrogen-bond donors (Lipinski definition) is 4. The fourth-order valence-corrected chi connectivity index (χ4v) is 2.81. The van der Waals surface area contributed by atoms with E-state index < -0.39 is 5.72 Å². The van der Waals surface area contributed by atoms with Gasteiger partial charge in [-0.1, -0.05) is 0 Å². The number of nitrogens with one attached hydrogen (secondary N) is 2. The molecule has 6 nitrogen and oxygen atoms in total. The summed E-state index contributed by atoms with van der Waals surface area (Å²) in [5.74, 6) is 0.617. The fraction of sp³-hybridized carbons (Fsp3) is 0.600. The molecule has 0 amide bonds. The van der Waals surface area contributed by atoms with E-state index in [-0.39, 0.29) is 17.4 Å². The molecule has 6 heteroatoms. The molecule has 2 bridgehead atoms. The van der Waals surface area contributed by atoms with Crippen molar-refractivity contribution in [3.8, 4) is 0 Å². The maximum atomic E-state index is 11.8. The predicted octanol–water partition coefficient (Wildman–Crippen LogP) is 0.124. The molecular formula is C10H14N4O2. The fourth-order valence-electron chi connectivity index (χ4n) is 2.81. The standard InChI is InChI=1S/C10H14N4O2/c11-9-12-7-6(8(15)13-9)5-2-1-3-10(16,4-5)14-7/h5,16H,1-4H2,(H4,11,12,13,14,15). The van der Waals surface area contributed by atoms with Gasteiger partial charge in [-0.3, -0.25) is 9.78 Å². The zero-order valence-electron chi connectivity index (χ0n) is 8.79. The molecule has 1 aliphatic heterocycles. The lowest BCUT2D eigenvalue weighted by Crippen LogP contribution is -2.47. The van der Waals surface area contributed by atoms with E-state index in [1.807, 2.05) is 0 Å². The third kappa shape index (κ3) is 1.30. The lowest BCUT2D eigenvalue weighted by molar-refractivity contribution is 0.0174. The van der Waals surface area contributed by atoms with E-state index in [0.717, 1.165) is 12.8 Å². The second-order valence-electron chi connectivity index (χ2n) is 4.66. The van der Waals surface area contributed by atoms with Gasteiger partial charge in [-0.05, 0) is 25.2 Å². The Balaban J connectivity index is 2.19. The van der Waals surface area contributed by atoms with Crippen LogP contribution in [0.1, 0.15) is 37.2 Å². The summed E-state index contributed by atoms with van der Waals surface area (Å²) in [5.41, 5.74) is 5.02. The maximum Gasteiger partial charge on any atom is 0.257 e. The topological polar surface area (TPSA) is 104 Å². The first kappa shape index (κ1) is 9.65. The average Bonchev–Trinajstić information content (AvgIpc) is 2.14. The molecule has 0 radical (unpaired) electrons. The Kier molecular flexibility index (Phi) is 1.79. The van der Waals surface area contributed by atoms with Crippen LogP contribution in [-0.4, -0.2) is 20.8 Å².